The summed E-state index contributed by atoms with van der Waals surface area (Å²) < 4.78 is 0. The van der Waals surface area contributed by atoms with Crippen LogP contribution in [0.1, 0.15) is 44.5 Å². The number of hydrogen-bond acceptors (Lipinski definition) is 0. The van der Waals surface area contributed by atoms with Crippen LogP contribution in [0.25, 0.3) is 66.1 Å². The quantitative estimate of drug-likeness (QED) is 0.0951. The van der Waals surface area contributed by atoms with E-state index in [0.717, 1.165) is 0 Å². The van der Waals surface area contributed by atoms with Gasteiger partial charge in [-0.2, -0.15) is 0 Å². The molecule has 0 spiro atoms. The predicted molar refractivity (Wildman–Crippen MR) is 281 cm³/mol. The molecular formula is C66H46. The first-order valence-electron chi connectivity index (χ1n) is 22.8. The highest BCUT2D eigenvalue weighted by atomic mass is 14.2. The lowest BCUT2D eigenvalue weighted by atomic mass is 9.83. The Balaban J connectivity index is 1.07. The summed E-state index contributed by atoms with van der Waals surface area (Å²) >= 11 is 0. The maximum Gasteiger partial charge on any atom is -0.00264 e. The Kier molecular flexibility index (Phi) is 11.1. The Morgan fingerprint density at radius 2 is 0.318 bits per heavy atom. The second-order valence-corrected chi connectivity index (χ2v) is 16.7. The van der Waals surface area contributed by atoms with Crippen molar-refractivity contribution < 1.29 is 0 Å². The van der Waals surface area contributed by atoms with E-state index in [2.05, 4.69) is 279 Å². The third-order valence-electron chi connectivity index (χ3n) is 12.7. The van der Waals surface area contributed by atoms with Crippen molar-refractivity contribution in [1.82, 2.24) is 0 Å². The van der Waals surface area contributed by atoms with E-state index in [1.807, 2.05) is 0 Å². The lowest BCUT2D eigenvalue weighted by Gasteiger charge is -2.20. The fourth-order valence-corrected chi connectivity index (χ4v) is 9.81. The predicted octanol–water partition coefficient (Wildman–Crippen LogP) is 17.3. The molecule has 0 aliphatic heterocycles. The number of hydrogen-bond donors (Lipinski definition) is 0. The molecule has 310 valence electrons. The molecule has 0 aliphatic rings. The monoisotopic (exact) mass is 838 g/mol. The topological polar surface area (TPSA) is 0 Å². The van der Waals surface area contributed by atoms with Gasteiger partial charge < -0.3 is 0 Å². The minimum absolute atomic E-state index is 1.17. The Labute approximate surface area is 387 Å². The number of benzene rings is 11. The van der Waals surface area contributed by atoms with Crippen molar-refractivity contribution >= 4 is 43.8 Å². The average molecular weight is 839 g/mol. The van der Waals surface area contributed by atoms with E-state index in [0.29, 0.717) is 0 Å². The van der Waals surface area contributed by atoms with E-state index in [4.69, 9.17) is 0 Å². The molecule has 0 unspecified atom stereocenters. The van der Waals surface area contributed by atoms with Crippen LogP contribution in [0.4, 0.5) is 0 Å². The van der Waals surface area contributed by atoms with Gasteiger partial charge in [0.1, 0.15) is 0 Å². The molecule has 0 aliphatic carbocycles. The summed E-state index contributed by atoms with van der Waals surface area (Å²) in [6.45, 7) is 0. The van der Waals surface area contributed by atoms with E-state index in [1.54, 1.807) is 0 Å². The van der Waals surface area contributed by atoms with Crippen molar-refractivity contribution in [3.05, 3.63) is 324 Å². The molecular weight excluding hydrogens is 793 g/mol. The van der Waals surface area contributed by atoms with E-state index in [9.17, 15) is 0 Å². The van der Waals surface area contributed by atoms with Crippen LogP contribution >= 0.6 is 0 Å². The largest absolute Gasteiger partial charge is 0.0622 e. The Bertz CT molecular complexity index is 3100. The van der Waals surface area contributed by atoms with E-state index in [1.165, 1.54) is 111 Å². The molecule has 0 nitrogen and oxygen atoms in total. The summed E-state index contributed by atoms with van der Waals surface area (Å²) in [5.41, 5.74) is 19.2. The van der Waals surface area contributed by atoms with Gasteiger partial charge in [0.05, 0.1) is 0 Å². The lowest BCUT2D eigenvalue weighted by molar-refractivity contribution is 1.50. The van der Waals surface area contributed by atoms with Gasteiger partial charge in [-0.1, -0.05) is 279 Å². The van der Waals surface area contributed by atoms with Gasteiger partial charge in [0.2, 0.25) is 0 Å². The zero-order valence-corrected chi connectivity index (χ0v) is 36.6. The Hall–Kier alpha value is -8.58. The summed E-state index contributed by atoms with van der Waals surface area (Å²) in [6, 6.07) is 101. The van der Waals surface area contributed by atoms with Crippen LogP contribution in [-0.4, -0.2) is 0 Å². The molecule has 0 saturated carbocycles. The van der Waals surface area contributed by atoms with Gasteiger partial charge in [0.15, 0.2) is 0 Å². The third kappa shape index (κ3) is 7.76. The maximum atomic E-state index is 2.32. The minimum Gasteiger partial charge on any atom is -0.0622 e. The molecule has 0 heterocycles. The second kappa shape index (κ2) is 18.3. The average Bonchev–Trinajstić information content (AvgIpc) is 3.40. The zero-order valence-electron chi connectivity index (χ0n) is 36.6. The van der Waals surface area contributed by atoms with Gasteiger partial charge in [-0.15, -0.1) is 0 Å². The van der Waals surface area contributed by atoms with Crippen LogP contribution in [0.5, 0.6) is 0 Å². The molecule has 0 bridgehead atoms. The summed E-state index contributed by atoms with van der Waals surface area (Å²) in [5.74, 6) is 0. The Morgan fingerprint density at radius 3 is 0.515 bits per heavy atom. The summed E-state index contributed by atoms with van der Waals surface area (Å²) in [7, 11) is 0. The van der Waals surface area contributed by atoms with E-state index < -0.39 is 0 Å². The molecule has 0 fully saturated rings. The summed E-state index contributed by atoms with van der Waals surface area (Å²) in [5, 5.41) is 4.93. The number of rotatable bonds is 10. The normalized spacial score (nSPS) is 11.0. The van der Waals surface area contributed by atoms with Crippen LogP contribution in [0.15, 0.2) is 279 Å². The maximum absolute atomic E-state index is 2.32. The number of fused-ring (bicyclic) bond motifs is 2. The van der Waals surface area contributed by atoms with Crippen molar-refractivity contribution in [1.29, 1.82) is 0 Å². The van der Waals surface area contributed by atoms with Crippen LogP contribution in [0.2, 0.25) is 0 Å². The van der Waals surface area contributed by atoms with Gasteiger partial charge in [0, 0.05) is 0 Å². The highest BCUT2D eigenvalue weighted by Gasteiger charge is 2.21. The van der Waals surface area contributed by atoms with Crippen molar-refractivity contribution in [3.63, 3.8) is 0 Å². The fourth-order valence-electron chi connectivity index (χ4n) is 9.81. The highest BCUT2D eigenvalue weighted by molar-refractivity contribution is 6.21. The van der Waals surface area contributed by atoms with Gasteiger partial charge >= 0.3 is 0 Å². The molecule has 11 rings (SSSR count). The Morgan fingerprint density at radius 1 is 0.152 bits per heavy atom. The van der Waals surface area contributed by atoms with Crippen molar-refractivity contribution in [2.24, 2.45) is 0 Å². The molecule has 0 N–H and O–H groups in total. The fraction of sp³-hybridized carbons (Fsp3) is 0. The first kappa shape index (κ1) is 40.2. The molecule has 11 aromatic carbocycles. The molecule has 0 aromatic heterocycles. The van der Waals surface area contributed by atoms with Crippen molar-refractivity contribution in [2.75, 3.05) is 0 Å². The van der Waals surface area contributed by atoms with Crippen molar-refractivity contribution in [3.8, 4) is 22.3 Å². The summed E-state index contributed by atoms with van der Waals surface area (Å²) in [6.07, 6.45) is 0. The second-order valence-electron chi connectivity index (χ2n) is 16.7. The molecule has 0 amide bonds. The van der Waals surface area contributed by atoms with Crippen LogP contribution in [-0.2, 0) is 0 Å². The first-order valence-corrected chi connectivity index (χ1v) is 22.8. The lowest BCUT2D eigenvalue weighted by Crippen LogP contribution is -1.98. The third-order valence-corrected chi connectivity index (χ3v) is 12.7. The molecule has 0 radical (unpaired) electrons. The van der Waals surface area contributed by atoms with E-state index in [-0.39, 0.29) is 0 Å². The minimum atomic E-state index is 1.17. The first-order chi connectivity index (χ1) is 32.8. The highest BCUT2D eigenvalue weighted by Crippen LogP contribution is 2.45. The van der Waals surface area contributed by atoms with Crippen LogP contribution < -0.4 is 0 Å². The molecule has 0 saturated heterocycles. The zero-order chi connectivity index (χ0) is 44.1. The van der Waals surface area contributed by atoms with Gasteiger partial charge in [-0.25, -0.2) is 0 Å². The molecule has 0 heteroatoms. The molecule has 11 aromatic rings. The smallest absolute Gasteiger partial charge is 0.00264 e. The molecule has 66 heavy (non-hydrogen) atoms. The standard InChI is InChI=1S/C66H46/c1-7-23-47(24-8-1)61(48-25-9-2-10-26-48)63(51-31-15-5-16-32-51)53-39-43-55(44-40-53)65-57-35-19-21-37-59(57)66(60-38-22-20-36-58(60)65)56-45-41-54(42-46-56)64(52-33-17-6-18-34-52)62(49-27-11-3-12-28-49)50-29-13-4-14-30-50/h1-46H. The van der Waals surface area contributed by atoms with Crippen LogP contribution in [0, 0.1) is 0 Å². The van der Waals surface area contributed by atoms with Gasteiger partial charge in [-0.3, -0.25) is 0 Å². The van der Waals surface area contributed by atoms with Crippen LogP contribution in [0.3, 0.4) is 0 Å². The SMILES string of the molecule is c1ccc(C(=C(c2ccccc2)c2ccc(-c3c4ccccc4c(-c4ccc(C(=C(c5ccccc5)c5ccccc5)c5ccccc5)cc4)c4ccccc34)cc2)c2ccccc2)cc1. The molecule has 0 atom stereocenters. The van der Waals surface area contributed by atoms with E-state index >= 15 is 0 Å². The van der Waals surface area contributed by atoms with Gasteiger partial charge in [-0.05, 0) is 111 Å². The van der Waals surface area contributed by atoms with Crippen molar-refractivity contribution in [2.45, 2.75) is 0 Å². The summed E-state index contributed by atoms with van der Waals surface area (Å²) in [4.78, 5) is 0. The van der Waals surface area contributed by atoms with Gasteiger partial charge in [0.25, 0.3) is 0 Å².